The van der Waals surface area contributed by atoms with Crippen LogP contribution in [0.4, 0.5) is 0 Å². The monoisotopic (exact) mass is 198 g/mol. The van der Waals surface area contributed by atoms with Crippen molar-refractivity contribution in [1.82, 2.24) is 0 Å². The van der Waals surface area contributed by atoms with E-state index in [2.05, 4.69) is 30.3 Å². The Bertz CT molecular complexity index is 444. The summed E-state index contributed by atoms with van der Waals surface area (Å²) in [5.41, 5.74) is 3.11. The van der Waals surface area contributed by atoms with Gasteiger partial charge < -0.3 is 0 Å². The lowest BCUT2D eigenvalue weighted by Gasteiger charge is -2.29. The Morgan fingerprint density at radius 1 is 1.07 bits per heavy atom. The fraction of sp³-hybridized carbons (Fsp3) is 0.357. The van der Waals surface area contributed by atoms with Gasteiger partial charge in [-0.15, -0.1) is 0 Å². The van der Waals surface area contributed by atoms with Crippen molar-refractivity contribution in [3.63, 3.8) is 0 Å². The molecule has 0 fully saturated rings. The van der Waals surface area contributed by atoms with E-state index in [-0.39, 0.29) is 11.2 Å². The number of aryl methyl sites for hydroxylation is 1. The van der Waals surface area contributed by atoms with Crippen LogP contribution in [0.5, 0.6) is 0 Å². The summed E-state index contributed by atoms with van der Waals surface area (Å²) in [6.45, 7) is 0. The fourth-order valence-electron chi connectivity index (χ4n) is 2.91. The van der Waals surface area contributed by atoms with Crippen LogP contribution in [0, 0.1) is 0 Å². The lowest BCUT2D eigenvalue weighted by molar-refractivity contribution is -0.115. The molecule has 15 heavy (non-hydrogen) atoms. The van der Waals surface area contributed by atoms with E-state index in [1.807, 2.05) is 0 Å². The van der Waals surface area contributed by atoms with Gasteiger partial charge >= 0.3 is 0 Å². The lowest BCUT2D eigenvalue weighted by Crippen LogP contribution is -2.24. The summed E-state index contributed by atoms with van der Waals surface area (Å²) in [5.74, 6) is 0.282. The van der Waals surface area contributed by atoms with Crippen LogP contribution < -0.4 is 0 Å². The molecule has 1 aromatic carbocycles. The van der Waals surface area contributed by atoms with Gasteiger partial charge in [0.2, 0.25) is 0 Å². The third-order valence-corrected chi connectivity index (χ3v) is 3.80. The molecule has 0 bridgehead atoms. The van der Waals surface area contributed by atoms with E-state index in [4.69, 9.17) is 0 Å². The summed E-state index contributed by atoms with van der Waals surface area (Å²) in [6.07, 6.45) is 7.98. The number of hydrogen-bond donors (Lipinski definition) is 0. The molecule has 0 radical (unpaired) electrons. The van der Waals surface area contributed by atoms with Crippen LogP contribution in [0.3, 0.4) is 0 Å². The molecule has 1 aromatic rings. The first-order chi connectivity index (χ1) is 7.30. The van der Waals surface area contributed by atoms with Gasteiger partial charge in [0.1, 0.15) is 0 Å². The number of benzene rings is 1. The Morgan fingerprint density at radius 2 is 1.87 bits per heavy atom. The third kappa shape index (κ3) is 1.26. The Hall–Kier alpha value is -1.37. The van der Waals surface area contributed by atoms with Crippen molar-refractivity contribution in [2.45, 2.75) is 31.1 Å². The largest absolute Gasteiger partial charge is 0.295 e. The van der Waals surface area contributed by atoms with E-state index < -0.39 is 0 Å². The summed E-state index contributed by atoms with van der Waals surface area (Å²) in [5, 5.41) is 0. The molecule has 1 unspecified atom stereocenters. The van der Waals surface area contributed by atoms with Crippen molar-refractivity contribution in [1.29, 1.82) is 0 Å². The molecule has 0 heterocycles. The lowest BCUT2D eigenvalue weighted by atomic mass is 9.74. The molecule has 1 atom stereocenters. The minimum absolute atomic E-state index is 0.185. The van der Waals surface area contributed by atoms with E-state index in [0.29, 0.717) is 6.42 Å². The van der Waals surface area contributed by atoms with E-state index >= 15 is 0 Å². The molecule has 1 heteroatoms. The average molecular weight is 198 g/mol. The van der Waals surface area contributed by atoms with Crippen molar-refractivity contribution in [3.8, 4) is 0 Å². The van der Waals surface area contributed by atoms with Gasteiger partial charge in [0.15, 0.2) is 5.78 Å². The zero-order chi connectivity index (χ0) is 10.3. The topological polar surface area (TPSA) is 17.1 Å². The maximum atomic E-state index is 11.2. The van der Waals surface area contributed by atoms with E-state index in [9.17, 15) is 4.79 Å². The normalized spacial score (nSPS) is 28.4. The summed E-state index contributed by atoms with van der Waals surface area (Å²) < 4.78 is 0. The SMILES string of the molecule is O=C1C=CC2(CC1)CCc1ccccc12. The number of hydrogen-bond acceptors (Lipinski definition) is 1. The Kier molecular flexibility index (Phi) is 1.82. The average Bonchev–Trinajstić information content (AvgIpc) is 2.63. The molecule has 1 nitrogen and oxygen atoms in total. The molecule has 3 rings (SSSR count). The quantitative estimate of drug-likeness (QED) is 0.626. The van der Waals surface area contributed by atoms with Crippen LogP contribution in [-0.4, -0.2) is 5.78 Å². The second-order valence-corrected chi connectivity index (χ2v) is 4.61. The molecule has 2 aliphatic carbocycles. The molecule has 0 saturated heterocycles. The molecular formula is C14H14O. The minimum atomic E-state index is 0.185. The van der Waals surface area contributed by atoms with Gasteiger partial charge in [0, 0.05) is 11.8 Å². The van der Waals surface area contributed by atoms with Crippen molar-refractivity contribution >= 4 is 5.78 Å². The van der Waals surface area contributed by atoms with E-state index in [1.165, 1.54) is 17.5 Å². The number of allylic oxidation sites excluding steroid dienone is 2. The zero-order valence-corrected chi connectivity index (χ0v) is 8.70. The minimum Gasteiger partial charge on any atom is -0.295 e. The first-order valence-corrected chi connectivity index (χ1v) is 5.61. The van der Waals surface area contributed by atoms with Crippen LogP contribution in [0.15, 0.2) is 36.4 Å². The van der Waals surface area contributed by atoms with Gasteiger partial charge in [-0.1, -0.05) is 30.3 Å². The third-order valence-electron chi connectivity index (χ3n) is 3.80. The van der Waals surface area contributed by atoms with Crippen molar-refractivity contribution < 1.29 is 4.79 Å². The highest BCUT2D eigenvalue weighted by molar-refractivity contribution is 5.91. The highest BCUT2D eigenvalue weighted by Gasteiger charge is 2.37. The smallest absolute Gasteiger partial charge is 0.155 e. The summed E-state index contributed by atoms with van der Waals surface area (Å²) in [7, 11) is 0. The predicted molar refractivity (Wildman–Crippen MR) is 59.8 cm³/mol. The first kappa shape index (κ1) is 8.90. The van der Waals surface area contributed by atoms with Crippen molar-refractivity contribution in [2.75, 3.05) is 0 Å². The first-order valence-electron chi connectivity index (χ1n) is 5.61. The molecule has 1 spiro atoms. The maximum Gasteiger partial charge on any atom is 0.155 e. The van der Waals surface area contributed by atoms with Crippen molar-refractivity contribution in [2.24, 2.45) is 0 Å². The second-order valence-electron chi connectivity index (χ2n) is 4.61. The molecule has 2 aliphatic rings. The van der Waals surface area contributed by atoms with Crippen molar-refractivity contribution in [3.05, 3.63) is 47.5 Å². The molecular weight excluding hydrogens is 184 g/mol. The highest BCUT2D eigenvalue weighted by atomic mass is 16.1. The molecule has 76 valence electrons. The van der Waals surface area contributed by atoms with Gasteiger partial charge in [-0.05, 0) is 36.5 Å². The molecule has 0 N–H and O–H groups in total. The zero-order valence-electron chi connectivity index (χ0n) is 8.70. The number of fused-ring (bicyclic) bond motifs is 2. The number of carbonyl (C=O) groups is 1. The van der Waals surface area contributed by atoms with Gasteiger partial charge in [0.05, 0.1) is 0 Å². The van der Waals surface area contributed by atoms with E-state index in [1.54, 1.807) is 6.08 Å². The van der Waals surface area contributed by atoms with Gasteiger partial charge in [-0.25, -0.2) is 0 Å². The Morgan fingerprint density at radius 3 is 2.67 bits per heavy atom. The summed E-state index contributed by atoms with van der Waals surface area (Å²) in [6, 6.07) is 8.66. The second kappa shape index (κ2) is 3.06. The standard InChI is InChI=1S/C14H14O/c15-12-6-9-14(10-7-12)8-5-11-3-1-2-4-13(11)14/h1-4,6,9H,5,7-8,10H2. The van der Waals surface area contributed by atoms with Gasteiger partial charge in [0.25, 0.3) is 0 Å². The van der Waals surface area contributed by atoms with Crippen LogP contribution in [0.2, 0.25) is 0 Å². The summed E-state index contributed by atoms with van der Waals surface area (Å²) in [4.78, 5) is 11.2. The summed E-state index contributed by atoms with van der Waals surface area (Å²) >= 11 is 0. The van der Waals surface area contributed by atoms with Crippen LogP contribution in [0.25, 0.3) is 0 Å². The van der Waals surface area contributed by atoms with Crippen LogP contribution >= 0.6 is 0 Å². The molecule has 0 amide bonds. The highest BCUT2D eigenvalue weighted by Crippen LogP contribution is 2.44. The molecule has 0 aromatic heterocycles. The van der Waals surface area contributed by atoms with E-state index in [0.717, 1.165) is 12.8 Å². The molecule has 0 saturated carbocycles. The Balaban J connectivity index is 2.09. The fourth-order valence-corrected chi connectivity index (χ4v) is 2.91. The van der Waals surface area contributed by atoms with Crippen LogP contribution in [0.1, 0.15) is 30.4 Å². The van der Waals surface area contributed by atoms with Crippen LogP contribution in [-0.2, 0) is 16.6 Å². The predicted octanol–water partition coefficient (Wildman–Crippen LogP) is 2.79. The number of carbonyl (C=O) groups excluding carboxylic acids is 1. The Labute approximate surface area is 89.8 Å². The number of ketones is 1. The maximum absolute atomic E-state index is 11.2. The van der Waals surface area contributed by atoms with Gasteiger partial charge in [-0.2, -0.15) is 0 Å². The van der Waals surface area contributed by atoms with Gasteiger partial charge in [-0.3, -0.25) is 4.79 Å². The number of rotatable bonds is 0. The molecule has 0 aliphatic heterocycles.